The van der Waals surface area contributed by atoms with Crippen LogP contribution in [0.1, 0.15) is 46.1 Å². The number of hydrogen-bond donors (Lipinski definition) is 2. The molecule has 1 aliphatic rings. The van der Waals surface area contributed by atoms with E-state index in [0.717, 1.165) is 12.8 Å². The van der Waals surface area contributed by atoms with Crippen LogP contribution in [0.3, 0.4) is 0 Å². The molecule has 0 bridgehead atoms. The van der Waals surface area contributed by atoms with E-state index in [1.807, 2.05) is 0 Å². The van der Waals surface area contributed by atoms with Crippen LogP contribution in [0.25, 0.3) is 0 Å². The quantitative estimate of drug-likeness (QED) is 0.789. The van der Waals surface area contributed by atoms with Crippen molar-refractivity contribution in [1.82, 2.24) is 5.32 Å². The summed E-state index contributed by atoms with van der Waals surface area (Å²) in [5.74, 6) is 0.0253. The number of rotatable bonds is 2. The van der Waals surface area contributed by atoms with Gasteiger partial charge in [0, 0.05) is 27.9 Å². The summed E-state index contributed by atoms with van der Waals surface area (Å²) in [5.41, 5.74) is 0.636. The third-order valence-electron chi connectivity index (χ3n) is 3.65. The summed E-state index contributed by atoms with van der Waals surface area (Å²) in [5, 5.41) is 14.3. The molecule has 0 amide bonds. The van der Waals surface area contributed by atoms with Gasteiger partial charge >= 0.3 is 0 Å². The van der Waals surface area contributed by atoms with Crippen LogP contribution >= 0.6 is 23.2 Å². The summed E-state index contributed by atoms with van der Waals surface area (Å²) in [6.07, 6.45) is 3.57. The summed E-state index contributed by atoms with van der Waals surface area (Å²) < 4.78 is 0. The SMILES string of the molecule is CC1(C)CC(N=Cc2cc(Cl)cc(Cl)c2O)CC(C)(C)N1. The molecular formula is C16H22Cl2N2O. The van der Waals surface area contributed by atoms with Gasteiger partial charge in [0.05, 0.1) is 11.1 Å². The molecule has 3 nitrogen and oxygen atoms in total. The van der Waals surface area contributed by atoms with Crippen LogP contribution < -0.4 is 5.32 Å². The molecule has 0 unspecified atom stereocenters. The number of piperidine rings is 1. The summed E-state index contributed by atoms with van der Waals surface area (Å²) in [7, 11) is 0. The van der Waals surface area contributed by atoms with E-state index in [4.69, 9.17) is 23.2 Å². The molecule has 1 aromatic rings. The molecule has 0 spiro atoms. The van der Waals surface area contributed by atoms with E-state index >= 15 is 0 Å². The number of halogens is 2. The number of phenolic OH excluding ortho intramolecular Hbond substituents is 1. The second-order valence-corrected chi connectivity index (χ2v) is 7.90. The molecule has 21 heavy (non-hydrogen) atoms. The van der Waals surface area contributed by atoms with Gasteiger partial charge in [0.15, 0.2) is 0 Å². The topological polar surface area (TPSA) is 44.6 Å². The predicted octanol–water partition coefficient (Wildman–Crippen LogP) is 4.43. The second kappa shape index (κ2) is 5.79. The zero-order chi connectivity index (χ0) is 15.8. The fourth-order valence-electron chi connectivity index (χ4n) is 3.24. The lowest BCUT2D eigenvalue weighted by Crippen LogP contribution is -2.58. The van der Waals surface area contributed by atoms with Crippen molar-refractivity contribution in [3.05, 3.63) is 27.7 Å². The van der Waals surface area contributed by atoms with Gasteiger partial charge in [-0.15, -0.1) is 0 Å². The first-order valence-corrected chi connectivity index (χ1v) is 7.84. The zero-order valence-corrected chi connectivity index (χ0v) is 14.4. The largest absolute Gasteiger partial charge is 0.506 e. The first-order valence-electron chi connectivity index (χ1n) is 7.08. The Morgan fingerprint density at radius 1 is 1.19 bits per heavy atom. The van der Waals surface area contributed by atoms with Crippen LogP contribution in [0.5, 0.6) is 5.75 Å². The second-order valence-electron chi connectivity index (χ2n) is 7.06. The van der Waals surface area contributed by atoms with Gasteiger partial charge < -0.3 is 10.4 Å². The minimum Gasteiger partial charge on any atom is -0.506 e. The Hall–Kier alpha value is -0.770. The Labute approximate surface area is 136 Å². The molecular weight excluding hydrogens is 307 g/mol. The van der Waals surface area contributed by atoms with E-state index in [0.29, 0.717) is 10.6 Å². The summed E-state index contributed by atoms with van der Waals surface area (Å²) in [6.45, 7) is 8.74. The Bertz CT molecular complexity index is 552. The first kappa shape index (κ1) is 16.6. The van der Waals surface area contributed by atoms with Crippen molar-refractivity contribution >= 4 is 29.4 Å². The number of aliphatic imine (C=N–C) groups is 1. The Kier molecular flexibility index (Phi) is 4.57. The van der Waals surface area contributed by atoms with E-state index < -0.39 is 0 Å². The fourth-order valence-corrected chi connectivity index (χ4v) is 3.75. The van der Waals surface area contributed by atoms with E-state index in [-0.39, 0.29) is 27.9 Å². The van der Waals surface area contributed by atoms with E-state index in [1.54, 1.807) is 12.3 Å². The maximum atomic E-state index is 9.96. The minimum absolute atomic E-state index is 0.0253. The molecule has 0 saturated carbocycles. The molecule has 1 aliphatic heterocycles. The number of hydrogen-bond acceptors (Lipinski definition) is 3. The van der Waals surface area contributed by atoms with Crippen molar-refractivity contribution in [3.63, 3.8) is 0 Å². The molecule has 1 fully saturated rings. The molecule has 0 radical (unpaired) electrons. The lowest BCUT2D eigenvalue weighted by molar-refractivity contribution is 0.164. The van der Waals surface area contributed by atoms with Crippen molar-refractivity contribution in [2.24, 2.45) is 4.99 Å². The molecule has 0 aliphatic carbocycles. The third kappa shape index (κ3) is 4.35. The number of phenols is 1. The highest BCUT2D eigenvalue weighted by molar-refractivity contribution is 6.36. The van der Waals surface area contributed by atoms with Gasteiger partial charge in [-0.1, -0.05) is 23.2 Å². The molecule has 1 saturated heterocycles. The van der Waals surface area contributed by atoms with Crippen LogP contribution in [0.15, 0.2) is 17.1 Å². The molecule has 2 N–H and O–H groups in total. The van der Waals surface area contributed by atoms with Gasteiger partial charge in [0.2, 0.25) is 0 Å². The summed E-state index contributed by atoms with van der Waals surface area (Å²) in [6, 6.07) is 3.39. The van der Waals surface area contributed by atoms with Crippen molar-refractivity contribution < 1.29 is 5.11 Å². The van der Waals surface area contributed by atoms with Crippen molar-refractivity contribution in [3.8, 4) is 5.75 Å². The van der Waals surface area contributed by atoms with Gasteiger partial charge in [-0.2, -0.15) is 0 Å². The lowest BCUT2D eigenvalue weighted by Gasteiger charge is -2.45. The van der Waals surface area contributed by atoms with Gasteiger partial charge in [-0.05, 0) is 52.7 Å². The highest BCUT2D eigenvalue weighted by atomic mass is 35.5. The van der Waals surface area contributed by atoms with Crippen molar-refractivity contribution in [2.45, 2.75) is 57.7 Å². The molecule has 0 atom stereocenters. The standard InChI is InChI=1S/C16H22Cl2N2O/c1-15(2)7-12(8-16(3,4)20-15)19-9-10-5-11(17)6-13(18)14(10)21/h5-6,9,12,20-21H,7-8H2,1-4H3. The van der Waals surface area contributed by atoms with Gasteiger partial charge in [0.25, 0.3) is 0 Å². The molecule has 0 aromatic heterocycles. The predicted molar refractivity (Wildman–Crippen MR) is 90.0 cm³/mol. The van der Waals surface area contributed by atoms with Gasteiger partial charge in [-0.3, -0.25) is 4.99 Å². The minimum atomic E-state index is 0.0253. The number of nitrogens with zero attached hydrogens (tertiary/aromatic N) is 1. The third-order valence-corrected chi connectivity index (χ3v) is 4.16. The number of benzene rings is 1. The van der Waals surface area contributed by atoms with Crippen LogP contribution in [-0.4, -0.2) is 28.4 Å². The Morgan fingerprint density at radius 3 is 2.33 bits per heavy atom. The van der Waals surface area contributed by atoms with Crippen LogP contribution in [0.4, 0.5) is 0 Å². The fraction of sp³-hybridized carbons (Fsp3) is 0.562. The maximum absolute atomic E-state index is 9.96. The molecule has 116 valence electrons. The summed E-state index contributed by atoms with van der Waals surface area (Å²) in [4.78, 5) is 4.65. The molecule has 2 rings (SSSR count). The average Bonchev–Trinajstić information content (AvgIpc) is 2.28. The van der Waals surface area contributed by atoms with Gasteiger partial charge in [0.1, 0.15) is 5.75 Å². The van der Waals surface area contributed by atoms with E-state index in [2.05, 4.69) is 38.0 Å². The zero-order valence-electron chi connectivity index (χ0n) is 12.9. The Balaban J connectivity index is 2.21. The van der Waals surface area contributed by atoms with Crippen LogP contribution in [-0.2, 0) is 0 Å². The van der Waals surface area contributed by atoms with E-state index in [9.17, 15) is 5.11 Å². The summed E-state index contributed by atoms with van der Waals surface area (Å²) >= 11 is 11.9. The van der Waals surface area contributed by atoms with Crippen LogP contribution in [0.2, 0.25) is 10.0 Å². The highest BCUT2D eigenvalue weighted by Gasteiger charge is 2.37. The molecule has 5 heteroatoms. The van der Waals surface area contributed by atoms with Gasteiger partial charge in [-0.25, -0.2) is 0 Å². The first-order chi connectivity index (χ1) is 9.58. The normalized spacial score (nSPS) is 21.8. The van der Waals surface area contributed by atoms with Crippen LogP contribution in [0, 0.1) is 0 Å². The Morgan fingerprint density at radius 2 is 1.76 bits per heavy atom. The molecule has 1 aromatic carbocycles. The van der Waals surface area contributed by atoms with E-state index in [1.165, 1.54) is 6.07 Å². The smallest absolute Gasteiger partial charge is 0.143 e. The monoisotopic (exact) mass is 328 g/mol. The van der Waals surface area contributed by atoms with Crippen molar-refractivity contribution in [1.29, 1.82) is 0 Å². The lowest BCUT2D eigenvalue weighted by atomic mass is 9.80. The molecule has 1 heterocycles. The highest BCUT2D eigenvalue weighted by Crippen LogP contribution is 2.32. The average molecular weight is 329 g/mol. The van der Waals surface area contributed by atoms with Crippen molar-refractivity contribution in [2.75, 3.05) is 0 Å². The number of nitrogens with one attached hydrogen (secondary N) is 1. The maximum Gasteiger partial charge on any atom is 0.143 e. The number of aromatic hydroxyl groups is 1.